The Kier molecular flexibility index (Phi) is 6.12. The van der Waals surface area contributed by atoms with Crippen LogP contribution in [0.15, 0.2) is 41.9 Å². The van der Waals surface area contributed by atoms with E-state index in [4.69, 9.17) is 4.74 Å². The molecule has 29 heavy (non-hydrogen) atoms. The van der Waals surface area contributed by atoms with Crippen LogP contribution in [-0.4, -0.2) is 56.4 Å². The number of thiophene rings is 1. The molecule has 0 amide bonds. The first kappa shape index (κ1) is 20.6. The molecule has 0 unspecified atom stereocenters. The summed E-state index contributed by atoms with van der Waals surface area (Å²) in [6.45, 7) is 1.57. The minimum atomic E-state index is -1.39. The fraction of sp³-hybridized carbons (Fsp3) is 0.381. The minimum absolute atomic E-state index is 0.440. The smallest absolute Gasteiger partial charge is 0.113 e. The molecule has 4 rings (SSSR count). The van der Waals surface area contributed by atoms with E-state index in [0.29, 0.717) is 12.0 Å². The zero-order chi connectivity index (χ0) is 20.5. The molecule has 0 saturated carbocycles. The van der Waals surface area contributed by atoms with Gasteiger partial charge in [0.05, 0.1) is 16.5 Å². The number of nitrogens with zero attached hydrogens (tertiary/aromatic N) is 1. The van der Waals surface area contributed by atoms with Crippen LogP contribution < -0.4 is 0 Å². The SMILES string of the molecule is Cc1ccc([C@@H]2O[C@H](CO)[C@@H](O)[C@H](O)[C@H]2O)cc1Cc1ncc(-c2cccs2)s1. The highest BCUT2D eigenvalue weighted by Gasteiger charge is 2.43. The molecule has 0 aliphatic carbocycles. The number of thiazole rings is 1. The topological polar surface area (TPSA) is 103 Å². The second kappa shape index (κ2) is 8.61. The van der Waals surface area contributed by atoms with Gasteiger partial charge in [0, 0.05) is 17.5 Å². The number of aryl methyl sites for hydroxylation is 1. The number of benzene rings is 1. The largest absolute Gasteiger partial charge is 0.394 e. The summed E-state index contributed by atoms with van der Waals surface area (Å²) in [6, 6.07) is 9.82. The lowest BCUT2D eigenvalue weighted by Gasteiger charge is -2.40. The molecule has 8 heteroatoms. The van der Waals surface area contributed by atoms with Crippen LogP contribution in [0.2, 0.25) is 0 Å². The first-order valence-corrected chi connectivity index (χ1v) is 11.1. The lowest BCUT2D eigenvalue weighted by molar-refractivity contribution is -0.231. The van der Waals surface area contributed by atoms with E-state index < -0.39 is 37.1 Å². The Morgan fingerprint density at radius 2 is 1.90 bits per heavy atom. The molecule has 1 aliphatic rings. The third-order valence-corrected chi connectivity index (χ3v) is 7.32. The molecule has 4 N–H and O–H groups in total. The molecule has 0 spiro atoms. The number of aliphatic hydroxyl groups is 4. The normalized spacial score (nSPS) is 27.3. The van der Waals surface area contributed by atoms with Gasteiger partial charge in [-0.2, -0.15) is 0 Å². The number of aliphatic hydroxyl groups excluding tert-OH is 4. The highest BCUT2D eigenvalue weighted by molar-refractivity contribution is 7.21. The maximum absolute atomic E-state index is 10.4. The molecular formula is C21H23NO5S2. The Hall–Kier alpha value is -1.65. The third kappa shape index (κ3) is 4.15. The highest BCUT2D eigenvalue weighted by atomic mass is 32.1. The number of ether oxygens (including phenoxy) is 1. The molecule has 3 heterocycles. The summed E-state index contributed by atoms with van der Waals surface area (Å²) in [6.07, 6.45) is -3.24. The third-order valence-electron chi connectivity index (χ3n) is 5.25. The Morgan fingerprint density at radius 1 is 1.07 bits per heavy atom. The van der Waals surface area contributed by atoms with Crippen LogP contribution in [0.3, 0.4) is 0 Å². The Bertz CT molecular complexity index is 956. The van der Waals surface area contributed by atoms with Gasteiger partial charge in [0.1, 0.15) is 30.5 Å². The van der Waals surface area contributed by atoms with Crippen LogP contribution >= 0.6 is 22.7 Å². The van der Waals surface area contributed by atoms with E-state index in [0.717, 1.165) is 21.0 Å². The molecule has 0 radical (unpaired) electrons. The fourth-order valence-electron chi connectivity index (χ4n) is 3.52. The molecule has 1 saturated heterocycles. The van der Waals surface area contributed by atoms with Crippen LogP contribution in [0.4, 0.5) is 0 Å². The van der Waals surface area contributed by atoms with Crippen molar-refractivity contribution in [2.45, 2.75) is 43.9 Å². The van der Waals surface area contributed by atoms with Crippen molar-refractivity contribution in [1.82, 2.24) is 4.98 Å². The van der Waals surface area contributed by atoms with Gasteiger partial charge in [-0.3, -0.25) is 0 Å². The number of aromatic nitrogens is 1. The molecule has 0 bridgehead atoms. The Labute approximate surface area is 176 Å². The van der Waals surface area contributed by atoms with Gasteiger partial charge in [-0.25, -0.2) is 4.98 Å². The van der Waals surface area contributed by atoms with E-state index in [-0.39, 0.29) is 0 Å². The molecular weight excluding hydrogens is 410 g/mol. The summed E-state index contributed by atoms with van der Waals surface area (Å²) in [4.78, 5) is 6.88. The van der Waals surface area contributed by atoms with Crippen LogP contribution in [0.1, 0.15) is 27.8 Å². The van der Waals surface area contributed by atoms with Crippen molar-refractivity contribution >= 4 is 22.7 Å². The van der Waals surface area contributed by atoms with E-state index >= 15 is 0 Å². The van der Waals surface area contributed by atoms with Crippen molar-refractivity contribution in [3.05, 3.63) is 63.6 Å². The average Bonchev–Trinajstić information content (AvgIpc) is 3.40. The summed E-state index contributed by atoms with van der Waals surface area (Å²) >= 11 is 3.34. The minimum Gasteiger partial charge on any atom is -0.394 e. The van der Waals surface area contributed by atoms with Crippen molar-refractivity contribution in [3.8, 4) is 9.75 Å². The maximum atomic E-state index is 10.4. The van der Waals surface area contributed by atoms with E-state index in [1.54, 1.807) is 22.7 Å². The lowest BCUT2D eigenvalue weighted by atomic mass is 9.89. The Balaban J connectivity index is 1.58. The van der Waals surface area contributed by atoms with E-state index in [1.165, 1.54) is 4.88 Å². The Morgan fingerprint density at radius 3 is 2.62 bits per heavy atom. The van der Waals surface area contributed by atoms with Crippen LogP contribution in [-0.2, 0) is 11.2 Å². The van der Waals surface area contributed by atoms with Crippen molar-refractivity contribution in [1.29, 1.82) is 0 Å². The van der Waals surface area contributed by atoms with Crippen molar-refractivity contribution in [3.63, 3.8) is 0 Å². The monoisotopic (exact) mass is 433 g/mol. The van der Waals surface area contributed by atoms with E-state index in [2.05, 4.69) is 11.1 Å². The molecule has 2 aromatic heterocycles. The average molecular weight is 434 g/mol. The molecule has 1 aliphatic heterocycles. The van der Waals surface area contributed by atoms with E-state index in [9.17, 15) is 20.4 Å². The first-order valence-electron chi connectivity index (χ1n) is 9.36. The second-order valence-electron chi connectivity index (χ2n) is 7.21. The molecule has 6 nitrogen and oxygen atoms in total. The van der Waals surface area contributed by atoms with Gasteiger partial charge in [0.2, 0.25) is 0 Å². The summed E-state index contributed by atoms with van der Waals surface area (Å²) in [5.41, 5.74) is 2.83. The summed E-state index contributed by atoms with van der Waals surface area (Å²) in [5.74, 6) is 0. The molecule has 3 aromatic rings. The van der Waals surface area contributed by atoms with Crippen molar-refractivity contribution < 1.29 is 25.2 Å². The molecule has 1 fully saturated rings. The van der Waals surface area contributed by atoms with Gasteiger partial charge in [-0.1, -0.05) is 24.3 Å². The van der Waals surface area contributed by atoms with E-state index in [1.807, 2.05) is 42.8 Å². The lowest BCUT2D eigenvalue weighted by Crippen LogP contribution is -2.55. The molecule has 5 atom stereocenters. The zero-order valence-electron chi connectivity index (χ0n) is 15.8. The van der Waals surface area contributed by atoms with Gasteiger partial charge in [0.25, 0.3) is 0 Å². The zero-order valence-corrected chi connectivity index (χ0v) is 17.4. The quantitative estimate of drug-likeness (QED) is 0.492. The van der Waals surface area contributed by atoms with Gasteiger partial charge in [-0.05, 0) is 35.1 Å². The van der Waals surface area contributed by atoms with Gasteiger partial charge < -0.3 is 25.2 Å². The fourth-order valence-corrected chi connectivity index (χ4v) is 5.28. The van der Waals surface area contributed by atoms with Crippen LogP contribution in [0, 0.1) is 6.92 Å². The molecule has 1 aromatic carbocycles. The van der Waals surface area contributed by atoms with Crippen LogP contribution in [0.5, 0.6) is 0 Å². The molecule has 154 valence electrons. The first-order chi connectivity index (χ1) is 14.0. The predicted octanol–water partition coefficient (Wildman–Crippen LogP) is 2.29. The van der Waals surface area contributed by atoms with Gasteiger partial charge in [-0.15, -0.1) is 22.7 Å². The number of hydrogen-bond acceptors (Lipinski definition) is 8. The number of hydrogen-bond donors (Lipinski definition) is 4. The van der Waals surface area contributed by atoms with Gasteiger partial charge >= 0.3 is 0 Å². The van der Waals surface area contributed by atoms with Crippen molar-refractivity contribution in [2.24, 2.45) is 0 Å². The standard InChI is InChI=1S/C21H23NO5S2/c1-11-4-5-12(21-20(26)19(25)18(24)14(10-23)27-21)7-13(11)8-17-22-9-16(29-17)15-3-2-6-28-15/h2-7,9,14,18-21,23-26H,8,10H2,1H3/t14-,18-,19+,20-,21+/m1/s1. The number of rotatable bonds is 5. The summed E-state index contributed by atoms with van der Waals surface area (Å²) < 4.78 is 5.69. The second-order valence-corrected chi connectivity index (χ2v) is 9.27. The highest BCUT2D eigenvalue weighted by Crippen LogP contribution is 2.35. The van der Waals surface area contributed by atoms with Crippen LogP contribution in [0.25, 0.3) is 9.75 Å². The van der Waals surface area contributed by atoms with Gasteiger partial charge in [0.15, 0.2) is 0 Å². The predicted molar refractivity (Wildman–Crippen MR) is 112 cm³/mol. The summed E-state index contributed by atoms with van der Waals surface area (Å²) in [7, 11) is 0. The van der Waals surface area contributed by atoms with Crippen molar-refractivity contribution in [2.75, 3.05) is 6.61 Å². The summed E-state index contributed by atoms with van der Waals surface area (Å²) in [5, 5.41) is 42.9. The maximum Gasteiger partial charge on any atom is 0.113 e.